The van der Waals surface area contributed by atoms with Gasteiger partial charge < -0.3 is 56.6 Å². The molecular formula is C32H56F2N4O12. The van der Waals surface area contributed by atoms with Gasteiger partial charge in [-0.05, 0) is 39.5 Å². The van der Waals surface area contributed by atoms with Crippen molar-refractivity contribution in [3.63, 3.8) is 0 Å². The van der Waals surface area contributed by atoms with Crippen LogP contribution in [0.5, 0.6) is 0 Å². The zero-order valence-electron chi connectivity index (χ0n) is 29.0. The lowest BCUT2D eigenvalue weighted by Crippen LogP contribution is -2.73. The first kappa shape index (κ1) is 45.0. The molecule has 0 bridgehead atoms. The van der Waals surface area contributed by atoms with Crippen molar-refractivity contribution in [2.45, 2.75) is 158 Å². The van der Waals surface area contributed by atoms with Crippen molar-refractivity contribution in [3.8, 4) is 0 Å². The number of rotatable bonds is 24. The van der Waals surface area contributed by atoms with Crippen molar-refractivity contribution in [2.24, 2.45) is 0 Å². The molecule has 0 aliphatic carbocycles. The first-order chi connectivity index (χ1) is 23.4. The highest BCUT2D eigenvalue weighted by molar-refractivity contribution is 5.93. The molecule has 0 aromatic carbocycles. The summed E-state index contributed by atoms with van der Waals surface area (Å²) >= 11 is 0. The number of aliphatic carboxylic acids is 1. The summed E-state index contributed by atoms with van der Waals surface area (Å²) in [7, 11) is 0. The van der Waals surface area contributed by atoms with E-state index in [0.717, 1.165) is 25.7 Å². The zero-order valence-corrected chi connectivity index (χ0v) is 29.0. The molecule has 1 aliphatic rings. The Kier molecular flexibility index (Phi) is 19.8. The summed E-state index contributed by atoms with van der Waals surface area (Å²) in [5.41, 5.74) is 0. The van der Waals surface area contributed by atoms with Gasteiger partial charge in [-0.3, -0.25) is 24.0 Å². The Morgan fingerprint density at radius 2 is 1.36 bits per heavy atom. The van der Waals surface area contributed by atoms with E-state index in [2.05, 4.69) is 27.6 Å². The van der Waals surface area contributed by atoms with Gasteiger partial charge in [-0.1, -0.05) is 58.3 Å². The van der Waals surface area contributed by atoms with Gasteiger partial charge >= 0.3 is 11.9 Å². The molecule has 0 saturated carbocycles. The molecule has 1 heterocycles. The first-order valence-electron chi connectivity index (χ1n) is 17.3. The monoisotopic (exact) mass is 726 g/mol. The minimum atomic E-state index is -4.86. The molecule has 0 aromatic heterocycles. The fourth-order valence-corrected chi connectivity index (χ4v) is 5.27. The number of amides is 4. The van der Waals surface area contributed by atoms with E-state index in [1.54, 1.807) is 0 Å². The molecule has 3 unspecified atom stereocenters. The second-order valence-electron chi connectivity index (χ2n) is 12.8. The third-order valence-electron chi connectivity index (χ3n) is 8.55. The number of nitrogens with one attached hydrogen (secondary N) is 4. The smallest absolute Gasteiger partial charge is 0.379 e. The molecule has 1 fully saturated rings. The summed E-state index contributed by atoms with van der Waals surface area (Å²) in [4.78, 5) is 61.6. The molecule has 0 aromatic rings. The van der Waals surface area contributed by atoms with Crippen molar-refractivity contribution < 1.29 is 68.1 Å². The van der Waals surface area contributed by atoms with Crippen LogP contribution in [0.1, 0.15) is 104 Å². The van der Waals surface area contributed by atoms with Gasteiger partial charge in [-0.25, -0.2) is 0 Å². The van der Waals surface area contributed by atoms with Gasteiger partial charge in [0, 0.05) is 13.0 Å². The Morgan fingerprint density at radius 1 is 0.800 bits per heavy atom. The number of carboxylic acid groups (broad SMARTS) is 1. The summed E-state index contributed by atoms with van der Waals surface area (Å²) in [5, 5.41) is 67.4. The van der Waals surface area contributed by atoms with Crippen LogP contribution in [0.15, 0.2) is 0 Å². The zero-order chi connectivity index (χ0) is 38.1. The molecule has 18 heteroatoms. The van der Waals surface area contributed by atoms with Gasteiger partial charge in [0.1, 0.15) is 42.5 Å². The Bertz CT molecular complexity index is 1100. The van der Waals surface area contributed by atoms with Crippen LogP contribution >= 0.6 is 0 Å². The highest BCUT2D eigenvalue weighted by Gasteiger charge is 2.69. The quantitative estimate of drug-likeness (QED) is 0.0569. The molecule has 8 atom stereocenters. The van der Waals surface area contributed by atoms with Gasteiger partial charge in [0.15, 0.2) is 0 Å². The third-order valence-corrected chi connectivity index (χ3v) is 8.55. The number of carboxylic acids is 1. The van der Waals surface area contributed by atoms with Gasteiger partial charge in [-0.15, -0.1) is 0 Å². The molecular weight excluding hydrogens is 670 g/mol. The van der Waals surface area contributed by atoms with E-state index < -0.39 is 97.0 Å². The minimum Gasteiger partial charge on any atom is -0.480 e. The fraction of sp³-hybridized carbons (Fsp3) is 0.844. The minimum absolute atomic E-state index is 0.0195. The predicted octanol–water partition coefficient (Wildman–Crippen LogP) is -0.430. The van der Waals surface area contributed by atoms with Crippen LogP contribution in [0.2, 0.25) is 0 Å². The lowest BCUT2D eigenvalue weighted by atomic mass is 9.88. The lowest BCUT2D eigenvalue weighted by molar-refractivity contribution is -0.401. The summed E-state index contributed by atoms with van der Waals surface area (Å²) in [5.74, 6) is -14.2. The van der Waals surface area contributed by atoms with E-state index in [1.807, 2.05) is 5.32 Å². The Balaban J connectivity index is 2.76. The molecule has 0 spiro atoms. The molecule has 1 aliphatic heterocycles. The third kappa shape index (κ3) is 13.6. The maximum Gasteiger partial charge on any atom is 0.379 e. The maximum atomic E-state index is 15.0. The topological polar surface area (TPSA) is 264 Å². The van der Waals surface area contributed by atoms with Crippen molar-refractivity contribution in [3.05, 3.63) is 0 Å². The van der Waals surface area contributed by atoms with E-state index in [1.165, 1.54) is 39.5 Å². The van der Waals surface area contributed by atoms with E-state index in [0.29, 0.717) is 6.42 Å². The largest absolute Gasteiger partial charge is 0.480 e. The standard InChI is InChI=1S/C32H56F2N4O12/c1-4-5-6-7-8-9-10-11-12-16-23(40)38-21(28(45)36-19(2)27(44)37-20(3)29(46)47)15-13-14-17-35-30(48)31(33,34)32(49)26(43)25(42)24(41)22(18-39)50-32/h19-22,24-26,39,41-43,49H,4-18H2,1-3H3,(H,35,48)(H,36,45)(H,37,44)(H,38,40)(H,46,47)/t19-,20?,21?,22+,24?,25-,26+,32+/m0/s1. The molecule has 50 heavy (non-hydrogen) atoms. The number of aliphatic hydroxyl groups excluding tert-OH is 4. The van der Waals surface area contributed by atoms with Crippen LogP contribution in [0, 0.1) is 0 Å². The van der Waals surface area contributed by atoms with Crippen molar-refractivity contribution in [1.29, 1.82) is 0 Å². The molecule has 4 amide bonds. The maximum absolute atomic E-state index is 15.0. The van der Waals surface area contributed by atoms with Crippen molar-refractivity contribution >= 4 is 29.6 Å². The molecule has 10 N–H and O–H groups in total. The Morgan fingerprint density at radius 3 is 1.92 bits per heavy atom. The van der Waals surface area contributed by atoms with Crippen LogP contribution in [0.3, 0.4) is 0 Å². The number of hydrogen-bond acceptors (Lipinski definition) is 11. The number of carbonyl (C=O) groups excluding carboxylic acids is 4. The average Bonchev–Trinajstić information content (AvgIpc) is 3.06. The van der Waals surface area contributed by atoms with E-state index >= 15 is 0 Å². The average molecular weight is 727 g/mol. The number of unbranched alkanes of at least 4 members (excludes halogenated alkanes) is 9. The second-order valence-corrected chi connectivity index (χ2v) is 12.8. The summed E-state index contributed by atoms with van der Waals surface area (Å²) in [6, 6.07) is -3.56. The van der Waals surface area contributed by atoms with Crippen molar-refractivity contribution in [2.75, 3.05) is 13.2 Å². The van der Waals surface area contributed by atoms with Gasteiger partial charge in [0.25, 0.3) is 11.7 Å². The normalized spacial score (nSPS) is 24.0. The van der Waals surface area contributed by atoms with Crippen LogP contribution < -0.4 is 21.3 Å². The molecule has 1 rings (SSSR count). The number of carbonyl (C=O) groups is 5. The lowest BCUT2D eigenvalue weighted by Gasteiger charge is -2.47. The second kappa shape index (κ2) is 22.0. The number of alkyl halides is 2. The number of aliphatic hydroxyl groups is 5. The van der Waals surface area contributed by atoms with E-state index in [-0.39, 0.29) is 25.7 Å². The van der Waals surface area contributed by atoms with Gasteiger partial charge in [0.05, 0.1) is 6.61 Å². The Hall–Kier alpha value is -3.03. The number of ether oxygens (including phenoxy) is 1. The highest BCUT2D eigenvalue weighted by atomic mass is 19.3. The number of hydrogen-bond donors (Lipinski definition) is 10. The Labute approximate surface area is 290 Å². The molecule has 1 saturated heterocycles. The summed E-state index contributed by atoms with van der Waals surface area (Å²) in [6.45, 7) is 3.16. The number of halogens is 2. The molecule has 290 valence electrons. The van der Waals surface area contributed by atoms with E-state index in [4.69, 9.17) is 5.11 Å². The predicted molar refractivity (Wildman–Crippen MR) is 173 cm³/mol. The van der Waals surface area contributed by atoms with Crippen molar-refractivity contribution in [1.82, 2.24) is 21.3 Å². The van der Waals surface area contributed by atoms with Crippen LogP contribution in [0.4, 0.5) is 8.78 Å². The van der Waals surface area contributed by atoms with E-state index in [9.17, 15) is 58.3 Å². The van der Waals surface area contributed by atoms with Gasteiger partial charge in [0.2, 0.25) is 17.7 Å². The van der Waals surface area contributed by atoms with Gasteiger partial charge in [-0.2, -0.15) is 8.78 Å². The molecule has 0 radical (unpaired) electrons. The SMILES string of the molecule is CCCCCCCCCCCC(=O)NC(CCCCNC(=O)C(F)(F)[C@]1(O)O[C@H](CO)C(O)[C@H](O)[C@H]1O)C(=O)N[C@@H](C)C(=O)NC(C)C(=O)O. The van der Waals surface area contributed by atoms with Crippen LogP contribution in [-0.4, -0.2) is 128 Å². The highest BCUT2D eigenvalue weighted by Crippen LogP contribution is 2.40. The molecule has 16 nitrogen and oxygen atoms in total. The summed E-state index contributed by atoms with van der Waals surface area (Å²) in [6.07, 6.45) is 0.266. The van der Waals surface area contributed by atoms with Crippen LogP contribution in [0.25, 0.3) is 0 Å². The summed E-state index contributed by atoms with van der Waals surface area (Å²) < 4.78 is 34.5. The fourth-order valence-electron chi connectivity index (χ4n) is 5.27. The first-order valence-corrected chi connectivity index (χ1v) is 17.3. The van der Waals surface area contributed by atoms with Crippen LogP contribution in [-0.2, 0) is 28.7 Å².